The Kier molecular flexibility index (Phi) is 19.8. The fourth-order valence-corrected chi connectivity index (χ4v) is 4.78. The lowest BCUT2D eigenvalue weighted by molar-refractivity contribution is -0.127. The third-order valence-electron chi connectivity index (χ3n) is 6.69. The predicted octanol–water partition coefficient (Wildman–Crippen LogP) is 4.26. The minimum Gasteiger partial charge on any atom is -0.356 e. The Balaban J connectivity index is 0.00000480. The molecule has 2 unspecified atom stereocenters. The van der Waals surface area contributed by atoms with E-state index in [1.807, 2.05) is 0 Å². The van der Waals surface area contributed by atoms with Crippen molar-refractivity contribution in [3.8, 4) is 0 Å². The zero-order chi connectivity index (χ0) is 21.6. The van der Waals surface area contributed by atoms with Crippen LogP contribution >= 0.6 is 48.0 Å². The summed E-state index contributed by atoms with van der Waals surface area (Å²) >= 11 is 0. The minimum atomic E-state index is 0. The van der Waals surface area contributed by atoms with Gasteiger partial charge in [0.2, 0.25) is 11.8 Å². The molecule has 0 aromatic heterocycles. The topological polar surface area (TPSA) is 64.7 Å². The highest BCUT2D eigenvalue weighted by atomic mass is 127. The normalized spacial score (nSPS) is 21.8. The van der Waals surface area contributed by atoms with Gasteiger partial charge in [0.15, 0.2) is 0 Å². The van der Waals surface area contributed by atoms with Gasteiger partial charge < -0.3 is 20.4 Å². The van der Waals surface area contributed by atoms with Crippen LogP contribution in [0.2, 0.25) is 0 Å². The third-order valence-corrected chi connectivity index (χ3v) is 6.69. The fourth-order valence-electron chi connectivity index (χ4n) is 4.78. The smallest absolute Gasteiger partial charge is 0.224 e. The predicted molar refractivity (Wildman–Crippen MR) is 154 cm³/mol. The third kappa shape index (κ3) is 13.9. The van der Waals surface area contributed by atoms with Gasteiger partial charge in [0, 0.05) is 26.2 Å². The molecule has 2 saturated heterocycles. The number of hydrogen-bond acceptors (Lipinski definition) is 4. The van der Waals surface area contributed by atoms with Crippen molar-refractivity contribution in [2.24, 2.45) is 11.8 Å². The maximum Gasteiger partial charge on any atom is 0.224 e. The van der Waals surface area contributed by atoms with E-state index in [-0.39, 0.29) is 71.6 Å². The highest BCUT2D eigenvalue weighted by Gasteiger charge is 2.24. The van der Waals surface area contributed by atoms with Gasteiger partial charge in [0.25, 0.3) is 0 Å². The van der Waals surface area contributed by atoms with E-state index in [0.717, 1.165) is 77.8 Å². The number of nitrogens with one attached hydrogen (secondary N) is 2. The lowest BCUT2D eigenvalue weighted by Gasteiger charge is -2.28. The summed E-state index contributed by atoms with van der Waals surface area (Å²) in [5, 5.41) is 6.26. The Morgan fingerprint density at radius 1 is 0.656 bits per heavy atom. The van der Waals surface area contributed by atoms with Gasteiger partial charge in [0.1, 0.15) is 0 Å². The van der Waals surface area contributed by atoms with Crippen LogP contribution < -0.4 is 10.6 Å². The number of unbranched alkanes of at least 4 members (excludes halogenated alkanes) is 7. The van der Waals surface area contributed by atoms with E-state index in [1.54, 1.807) is 0 Å². The van der Waals surface area contributed by atoms with Crippen LogP contribution in [0.25, 0.3) is 0 Å². The summed E-state index contributed by atoms with van der Waals surface area (Å²) in [6, 6.07) is 0. The average molecular weight is 678 g/mol. The number of nitrogens with zero attached hydrogens (tertiary/aromatic N) is 2. The molecule has 0 bridgehead atoms. The fraction of sp³-hybridized carbons (Fsp3) is 0.917. The second-order valence-electron chi connectivity index (χ2n) is 9.61. The Morgan fingerprint density at radius 2 is 1.00 bits per heavy atom. The monoisotopic (exact) mass is 678 g/mol. The summed E-state index contributed by atoms with van der Waals surface area (Å²) in [7, 11) is 4.21. The molecule has 2 aliphatic heterocycles. The summed E-state index contributed by atoms with van der Waals surface area (Å²) in [4.78, 5) is 28.9. The molecular weight excluding hydrogens is 630 g/mol. The zero-order valence-electron chi connectivity index (χ0n) is 20.4. The molecule has 2 amide bonds. The number of halogens is 2. The van der Waals surface area contributed by atoms with Gasteiger partial charge in [-0.3, -0.25) is 9.59 Å². The van der Waals surface area contributed by atoms with E-state index in [0.29, 0.717) is 0 Å². The van der Waals surface area contributed by atoms with Crippen LogP contribution in [-0.4, -0.2) is 75.0 Å². The van der Waals surface area contributed by atoms with Crippen molar-refractivity contribution in [3.63, 3.8) is 0 Å². The van der Waals surface area contributed by atoms with Crippen molar-refractivity contribution >= 4 is 59.8 Å². The van der Waals surface area contributed by atoms with Crippen molar-refractivity contribution in [1.29, 1.82) is 0 Å². The first-order valence-corrected chi connectivity index (χ1v) is 12.5. The van der Waals surface area contributed by atoms with Crippen molar-refractivity contribution in [2.75, 3.05) is 53.4 Å². The van der Waals surface area contributed by atoms with Crippen LogP contribution in [0.4, 0.5) is 0 Å². The van der Waals surface area contributed by atoms with Gasteiger partial charge in [-0.25, -0.2) is 0 Å². The molecule has 2 fully saturated rings. The Labute approximate surface area is 230 Å². The quantitative estimate of drug-likeness (QED) is 0.226. The van der Waals surface area contributed by atoms with Crippen molar-refractivity contribution in [1.82, 2.24) is 20.4 Å². The minimum absolute atomic E-state index is 0. The first-order valence-electron chi connectivity index (χ1n) is 12.5. The number of hydrogen-bond donors (Lipinski definition) is 2. The Bertz CT molecular complexity index is 466. The Hall–Kier alpha value is 0.320. The van der Waals surface area contributed by atoms with Gasteiger partial charge in [-0.15, -0.1) is 48.0 Å². The summed E-state index contributed by atoms with van der Waals surface area (Å²) in [5.74, 6) is 0.892. The van der Waals surface area contributed by atoms with Crippen molar-refractivity contribution in [2.45, 2.75) is 77.0 Å². The summed E-state index contributed by atoms with van der Waals surface area (Å²) in [5.41, 5.74) is 0. The van der Waals surface area contributed by atoms with E-state index >= 15 is 0 Å². The van der Waals surface area contributed by atoms with Crippen LogP contribution in [0.5, 0.6) is 0 Å². The zero-order valence-corrected chi connectivity index (χ0v) is 25.1. The number of amides is 2. The van der Waals surface area contributed by atoms with E-state index in [2.05, 4.69) is 34.5 Å². The first-order chi connectivity index (χ1) is 14.6. The van der Waals surface area contributed by atoms with Crippen LogP contribution in [0.3, 0.4) is 0 Å². The molecule has 0 aromatic rings. The maximum atomic E-state index is 12.2. The second-order valence-corrected chi connectivity index (χ2v) is 9.61. The highest BCUT2D eigenvalue weighted by molar-refractivity contribution is 14.0. The molecule has 2 aliphatic rings. The van der Waals surface area contributed by atoms with Crippen molar-refractivity contribution < 1.29 is 9.59 Å². The number of carbonyl (C=O) groups is 2. The summed E-state index contributed by atoms with van der Waals surface area (Å²) in [6.07, 6.45) is 14.0. The number of piperidine rings is 2. The average Bonchev–Trinajstić information content (AvgIpc) is 2.74. The molecule has 32 heavy (non-hydrogen) atoms. The summed E-state index contributed by atoms with van der Waals surface area (Å²) in [6.45, 7) is 5.72. The van der Waals surface area contributed by atoms with Gasteiger partial charge in [-0.2, -0.15) is 0 Å². The molecule has 8 heteroatoms. The van der Waals surface area contributed by atoms with Gasteiger partial charge in [-0.1, -0.05) is 38.5 Å². The first kappa shape index (κ1) is 32.3. The number of likely N-dealkylation sites (tertiary alicyclic amines) is 2. The molecule has 0 aromatic carbocycles. The summed E-state index contributed by atoms with van der Waals surface area (Å²) < 4.78 is 0. The van der Waals surface area contributed by atoms with Crippen LogP contribution in [0.1, 0.15) is 77.0 Å². The number of rotatable bonds is 13. The largest absolute Gasteiger partial charge is 0.356 e. The molecule has 2 N–H and O–H groups in total. The van der Waals surface area contributed by atoms with Gasteiger partial charge >= 0.3 is 0 Å². The maximum absolute atomic E-state index is 12.2. The molecule has 2 rings (SSSR count). The van der Waals surface area contributed by atoms with Crippen LogP contribution in [0, 0.1) is 11.8 Å². The molecule has 190 valence electrons. The van der Waals surface area contributed by atoms with Crippen molar-refractivity contribution in [3.05, 3.63) is 0 Å². The SMILES string of the molecule is CN1CCCC(C(=O)NCCCCCCCCCCNC(=O)C2CCCN(C)C2)C1.I.I. The van der Waals surface area contributed by atoms with Gasteiger partial charge in [0.05, 0.1) is 11.8 Å². The number of carbonyl (C=O) groups excluding carboxylic acids is 2. The van der Waals surface area contributed by atoms with E-state index in [9.17, 15) is 9.59 Å². The molecule has 0 saturated carbocycles. The second kappa shape index (κ2) is 19.6. The molecule has 2 atom stereocenters. The van der Waals surface area contributed by atoms with Crippen LogP contribution in [0.15, 0.2) is 0 Å². The lowest BCUT2D eigenvalue weighted by atomic mass is 9.97. The van der Waals surface area contributed by atoms with Gasteiger partial charge in [-0.05, 0) is 65.7 Å². The Morgan fingerprint density at radius 3 is 1.34 bits per heavy atom. The van der Waals surface area contributed by atoms with E-state index < -0.39 is 0 Å². The van der Waals surface area contributed by atoms with E-state index in [1.165, 1.54) is 38.5 Å². The van der Waals surface area contributed by atoms with E-state index in [4.69, 9.17) is 0 Å². The molecule has 0 aliphatic carbocycles. The molecule has 2 heterocycles. The molecule has 0 spiro atoms. The van der Waals surface area contributed by atoms with Crippen LogP contribution in [-0.2, 0) is 9.59 Å². The molecular formula is C24H48I2N4O2. The highest BCUT2D eigenvalue weighted by Crippen LogP contribution is 2.16. The molecule has 0 radical (unpaired) electrons. The molecule has 6 nitrogen and oxygen atoms in total. The lowest BCUT2D eigenvalue weighted by Crippen LogP contribution is -2.41. The standard InChI is InChI=1S/C24H46N4O2.2HI/c1-27-17-11-13-21(19-27)23(29)25-15-9-7-5-3-4-6-8-10-16-26-24(30)22-14-12-18-28(2)20-22;;/h21-22H,3-20H2,1-2H3,(H,25,29)(H,26,30);2*1H.